The van der Waals surface area contributed by atoms with Crippen molar-refractivity contribution in [1.82, 2.24) is 5.32 Å². The predicted molar refractivity (Wildman–Crippen MR) is 70.0 cm³/mol. The maximum atomic E-state index is 3.67. The standard InChI is InChI=1S/C14H23N/c1-7-9-11-13(3,4)15-14(5,6)12-10-8-2/h7-12,15H,1-2H2,3-6H3. The van der Waals surface area contributed by atoms with Gasteiger partial charge in [0.15, 0.2) is 0 Å². The van der Waals surface area contributed by atoms with Crippen molar-refractivity contribution in [3.05, 3.63) is 49.6 Å². The van der Waals surface area contributed by atoms with E-state index in [1.807, 2.05) is 12.2 Å². The summed E-state index contributed by atoms with van der Waals surface area (Å²) in [4.78, 5) is 0. The van der Waals surface area contributed by atoms with Crippen molar-refractivity contribution in [3.8, 4) is 0 Å². The largest absolute Gasteiger partial charge is 0.300 e. The van der Waals surface area contributed by atoms with Gasteiger partial charge in [-0.2, -0.15) is 0 Å². The third-order valence-corrected chi connectivity index (χ3v) is 1.94. The molecule has 0 saturated carbocycles. The Kier molecular flexibility index (Phi) is 5.31. The minimum Gasteiger partial charge on any atom is -0.300 e. The number of hydrogen-bond acceptors (Lipinski definition) is 1. The molecule has 1 N–H and O–H groups in total. The average Bonchev–Trinajstić information content (AvgIpc) is 2.10. The van der Waals surface area contributed by atoms with Gasteiger partial charge in [-0.3, -0.25) is 5.32 Å². The summed E-state index contributed by atoms with van der Waals surface area (Å²) in [7, 11) is 0. The van der Waals surface area contributed by atoms with E-state index in [2.05, 4.69) is 58.3 Å². The maximum absolute atomic E-state index is 3.67. The summed E-state index contributed by atoms with van der Waals surface area (Å²) in [6.45, 7) is 15.9. The van der Waals surface area contributed by atoms with Gasteiger partial charge in [0.25, 0.3) is 0 Å². The van der Waals surface area contributed by atoms with Gasteiger partial charge >= 0.3 is 0 Å². The molecule has 0 saturated heterocycles. The number of nitrogens with one attached hydrogen (secondary N) is 1. The van der Waals surface area contributed by atoms with Crippen LogP contribution in [0.3, 0.4) is 0 Å². The van der Waals surface area contributed by atoms with E-state index in [1.165, 1.54) is 0 Å². The first-order chi connectivity index (χ1) is 6.83. The molecular weight excluding hydrogens is 182 g/mol. The highest BCUT2D eigenvalue weighted by atomic mass is 15.0. The molecule has 0 spiro atoms. The van der Waals surface area contributed by atoms with Crippen molar-refractivity contribution in [2.24, 2.45) is 0 Å². The molecule has 0 bridgehead atoms. The predicted octanol–water partition coefficient (Wildman–Crippen LogP) is 3.62. The molecule has 0 aliphatic heterocycles. The molecule has 0 aliphatic rings. The fourth-order valence-corrected chi connectivity index (χ4v) is 1.53. The molecule has 15 heavy (non-hydrogen) atoms. The Hall–Kier alpha value is -1.08. The van der Waals surface area contributed by atoms with Gasteiger partial charge in [0.05, 0.1) is 0 Å². The second kappa shape index (κ2) is 5.72. The molecule has 1 nitrogen and oxygen atoms in total. The maximum Gasteiger partial charge on any atom is 0.0317 e. The van der Waals surface area contributed by atoms with Crippen LogP contribution >= 0.6 is 0 Å². The Morgan fingerprint density at radius 3 is 1.40 bits per heavy atom. The smallest absolute Gasteiger partial charge is 0.0317 e. The molecule has 1 heteroatoms. The minimum absolute atomic E-state index is 0.0524. The third kappa shape index (κ3) is 6.92. The first kappa shape index (κ1) is 13.9. The quantitative estimate of drug-likeness (QED) is 0.653. The zero-order valence-corrected chi connectivity index (χ0v) is 10.4. The highest BCUT2D eigenvalue weighted by molar-refractivity contribution is 5.14. The van der Waals surface area contributed by atoms with Crippen LogP contribution in [0, 0.1) is 0 Å². The lowest BCUT2D eigenvalue weighted by Crippen LogP contribution is -2.49. The summed E-state index contributed by atoms with van der Waals surface area (Å²) in [5.41, 5.74) is -0.105. The van der Waals surface area contributed by atoms with E-state index in [1.54, 1.807) is 12.2 Å². The normalized spacial score (nSPS) is 13.6. The SMILES string of the molecule is C=CC=CC(C)(C)NC(C)(C)C=CC=C. The summed E-state index contributed by atoms with van der Waals surface area (Å²) >= 11 is 0. The fourth-order valence-electron chi connectivity index (χ4n) is 1.53. The van der Waals surface area contributed by atoms with Gasteiger partial charge in [0.1, 0.15) is 0 Å². The Balaban J connectivity index is 4.54. The summed E-state index contributed by atoms with van der Waals surface area (Å²) in [5, 5.41) is 3.53. The van der Waals surface area contributed by atoms with Crippen LogP contribution in [-0.4, -0.2) is 11.1 Å². The lowest BCUT2D eigenvalue weighted by Gasteiger charge is -2.33. The van der Waals surface area contributed by atoms with Crippen molar-refractivity contribution < 1.29 is 0 Å². The zero-order valence-electron chi connectivity index (χ0n) is 10.4. The highest BCUT2D eigenvalue weighted by Crippen LogP contribution is 2.14. The van der Waals surface area contributed by atoms with Crippen molar-refractivity contribution in [2.75, 3.05) is 0 Å². The van der Waals surface area contributed by atoms with Gasteiger partial charge in [0.2, 0.25) is 0 Å². The topological polar surface area (TPSA) is 12.0 Å². The van der Waals surface area contributed by atoms with Crippen LogP contribution < -0.4 is 5.32 Å². The zero-order chi connectivity index (χ0) is 11.9. The van der Waals surface area contributed by atoms with Crippen LogP contribution in [0.1, 0.15) is 27.7 Å². The van der Waals surface area contributed by atoms with Crippen LogP contribution in [0.4, 0.5) is 0 Å². The van der Waals surface area contributed by atoms with Crippen molar-refractivity contribution in [2.45, 2.75) is 38.8 Å². The number of rotatable bonds is 6. The molecule has 0 aromatic carbocycles. The monoisotopic (exact) mass is 205 g/mol. The summed E-state index contributed by atoms with van der Waals surface area (Å²) in [6, 6.07) is 0. The van der Waals surface area contributed by atoms with Crippen LogP contribution in [0.5, 0.6) is 0 Å². The van der Waals surface area contributed by atoms with Gasteiger partial charge in [0, 0.05) is 11.1 Å². The highest BCUT2D eigenvalue weighted by Gasteiger charge is 2.22. The molecule has 0 aromatic heterocycles. The number of hydrogen-bond donors (Lipinski definition) is 1. The van der Waals surface area contributed by atoms with Crippen LogP contribution in [0.2, 0.25) is 0 Å². The van der Waals surface area contributed by atoms with E-state index in [0.717, 1.165) is 0 Å². The molecular formula is C14H23N. The van der Waals surface area contributed by atoms with Gasteiger partial charge < -0.3 is 0 Å². The second-order valence-corrected chi connectivity index (χ2v) is 4.76. The van der Waals surface area contributed by atoms with Crippen molar-refractivity contribution in [3.63, 3.8) is 0 Å². The van der Waals surface area contributed by atoms with Gasteiger partial charge in [-0.1, -0.05) is 49.6 Å². The Morgan fingerprint density at radius 1 is 0.800 bits per heavy atom. The first-order valence-electron chi connectivity index (χ1n) is 5.23. The summed E-state index contributed by atoms with van der Waals surface area (Å²) < 4.78 is 0. The van der Waals surface area contributed by atoms with E-state index in [9.17, 15) is 0 Å². The van der Waals surface area contributed by atoms with Gasteiger partial charge in [-0.15, -0.1) is 0 Å². The molecule has 0 atom stereocenters. The Morgan fingerprint density at radius 2 is 1.13 bits per heavy atom. The second-order valence-electron chi connectivity index (χ2n) is 4.76. The lowest BCUT2D eigenvalue weighted by atomic mass is 9.96. The van der Waals surface area contributed by atoms with E-state index in [0.29, 0.717) is 0 Å². The summed E-state index contributed by atoms with van der Waals surface area (Å²) in [6.07, 6.45) is 11.7. The van der Waals surface area contributed by atoms with Crippen LogP contribution in [0.15, 0.2) is 49.6 Å². The van der Waals surface area contributed by atoms with E-state index < -0.39 is 0 Å². The number of allylic oxidation sites excluding steroid dienone is 4. The van der Waals surface area contributed by atoms with E-state index in [4.69, 9.17) is 0 Å². The van der Waals surface area contributed by atoms with Crippen molar-refractivity contribution >= 4 is 0 Å². The minimum atomic E-state index is -0.0524. The lowest BCUT2D eigenvalue weighted by molar-refractivity contribution is 0.361. The molecule has 0 amide bonds. The average molecular weight is 205 g/mol. The molecule has 0 fully saturated rings. The van der Waals surface area contributed by atoms with Crippen LogP contribution in [0.25, 0.3) is 0 Å². The Bertz CT molecular complexity index is 239. The Labute approximate surface area is 94.3 Å². The van der Waals surface area contributed by atoms with Crippen molar-refractivity contribution in [1.29, 1.82) is 0 Å². The fraction of sp³-hybridized carbons (Fsp3) is 0.429. The molecule has 0 rings (SSSR count). The molecule has 84 valence electrons. The van der Waals surface area contributed by atoms with Gasteiger partial charge in [-0.05, 0) is 27.7 Å². The first-order valence-corrected chi connectivity index (χ1v) is 5.23. The molecule has 0 unspecified atom stereocenters. The van der Waals surface area contributed by atoms with E-state index in [-0.39, 0.29) is 11.1 Å². The molecule has 0 aliphatic carbocycles. The molecule has 0 radical (unpaired) electrons. The van der Waals surface area contributed by atoms with E-state index >= 15 is 0 Å². The summed E-state index contributed by atoms with van der Waals surface area (Å²) in [5.74, 6) is 0. The van der Waals surface area contributed by atoms with Crippen LogP contribution in [-0.2, 0) is 0 Å². The third-order valence-electron chi connectivity index (χ3n) is 1.94. The molecule has 0 aromatic rings. The van der Waals surface area contributed by atoms with Gasteiger partial charge in [-0.25, -0.2) is 0 Å². The molecule has 0 heterocycles.